The van der Waals surface area contributed by atoms with Crippen LogP contribution in [0.3, 0.4) is 0 Å². The fraction of sp³-hybridized carbons (Fsp3) is 0.320. The van der Waals surface area contributed by atoms with Gasteiger partial charge in [-0.1, -0.05) is 12.1 Å². The maximum Gasteiger partial charge on any atom is 0.164 e. The van der Waals surface area contributed by atoms with Gasteiger partial charge in [0.1, 0.15) is 5.65 Å². The number of aryl methyl sites for hydroxylation is 1. The van der Waals surface area contributed by atoms with E-state index in [0.29, 0.717) is 12.2 Å². The Labute approximate surface area is 180 Å². The van der Waals surface area contributed by atoms with E-state index >= 15 is 0 Å². The van der Waals surface area contributed by atoms with Crippen LogP contribution >= 0.6 is 0 Å². The molecule has 1 saturated heterocycles. The molecule has 4 heterocycles. The summed E-state index contributed by atoms with van der Waals surface area (Å²) < 4.78 is 1.80. The second-order valence-electron chi connectivity index (χ2n) is 9.17. The Bertz CT molecular complexity index is 1320. The van der Waals surface area contributed by atoms with Crippen molar-refractivity contribution < 1.29 is 4.79 Å². The largest absolute Gasteiger partial charge is 0.346 e. The summed E-state index contributed by atoms with van der Waals surface area (Å²) in [7, 11) is 4.08. The number of hydrogen-bond donors (Lipinski definition) is 1. The molecule has 6 nitrogen and oxygen atoms in total. The highest BCUT2D eigenvalue weighted by molar-refractivity contribution is 6.04. The molecule has 0 saturated carbocycles. The maximum atomic E-state index is 12.8. The number of hydrogen-bond acceptors (Lipinski definition) is 4. The topological polar surface area (TPSA) is 66.8 Å². The highest BCUT2D eigenvalue weighted by Crippen LogP contribution is 2.47. The van der Waals surface area contributed by atoms with Gasteiger partial charge >= 0.3 is 0 Å². The van der Waals surface area contributed by atoms with Gasteiger partial charge in [-0.15, -0.1) is 0 Å². The molecular weight excluding hydrogens is 386 g/mol. The smallest absolute Gasteiger partial charge is 0.164 e. The van der Waals surface area contributed by atoms with E-state index in [1.54, 1.807) is 4.68 Å². The summed E-state index contributed by atoms with van der Waals surface area (Å²) >= 11 is 0. The standard InChI is InChI=1S/C25H25N5O/c1-29-7-5-25(6-8-29)11-23(31)19-4-3-16(10-22(19)25)21-14-27-24-20(21)9-17(12-26-24)18-13-28-30(2)15-18/h3-4,9-10,12-15H,5-8,11H2,1-2H3,(H,26,27). The van der Waals surface area contributed by atoms with Gasteiger partial charge in [0.2, 0.25) is 0 Å². The zero-order valence-electron chi connectivity index (χ0n) is 17.9. The second-order valence-corrected chi connectivity index (χ2v) is 9.17. The van der Waals surface area contributed by atoms with Gasteiger partial charge in [0, 0.05) is 65.1 Å². The van der Waals surface area contributed by atoms with Crippen LogP contribution in [0.1, 0.15) is 35.2 Å². The van der Waals surface area contributed by atoms with E-state index in [1.165, 1.54) is 5.56 Å². The normalized spacial score (nSPS) is 18.2. The molecule has 1 spiro atoms. The van der Waals surface area contributed by atoms with Crippen LogP contribution in [0.15, 0.2) is 49.1 Å². The van der Waals surface area contributed by atoms with Crippen LogP contribution in [0.4, 0.5) is 0 Å². The van der Waals surface area contributed by atoms with Gasteiger partial charge in [0.05, 0.1) is 6.20 Å². The SMILES string of the molecule is CN1CCC2(CC1)CC(=O)c1ccc(-c3c[nH]c4ncc(-c5cnn(C)c5)cc34)cc12. The highest BCUT2D eigenvalue weighted by Gasteiger charge is 2.44. The Morgan fingerprint density at radius 1 is 1.00 bits per heavy atom. The maximum absolute atomic E-state index is 12.8. The van der Waals surface area contributed by atoms with Crippen LogP contribution in [0, 0.1) is 0 Å². The van der Waals surface area contributed by atoms with Crippen molar-refractivity contribution in [2.24, 2.45) is 7.05 Å². The molecule has 31 heavy (non-hydrogen) atoms. The van der Waals surface area contributed by atoms with Crippen LogP contribution < -0.4 is 0 Å². The summed E-state index contributed by atoms with van der Waals surface area (Å²) in [4.78, 5) is 23.1. The number of likely N-dealkylation sites (tertiary alicyclic amines) is 1. The lowest BCUT2D eigenvalue weighted by atomic mass is 9.73. The zero-order chi connectivity index (χ0) is 21.2. The van der Waals surface area contributed by atoms with Gasteiger partial charge in [0.15, 0.2) is 5.78 Å². The molecule has 6 heteroatoms. The molecule has 1 fully saturated rings. The predicted molar refractivity (Wildman–Crippen MR) is 121 cm³/mol. The van der Waals surface area contributed by atoms with Crippen molar-refractivity contribution in [1.29, 1.82) is 0 Å². The van der Waals surface area contributed by atoms with Crippen molar-refractivity contribution in [2.75, 3.05) is 20.1 Å². The number of piperidine rings is 1. The number of ketones is 1. The van der Waals surface area contributed by atoms with Gasteiger partial charge < -0.3 is 9.88 Å². The van der Waals surface area contributed by atoms with Gasteiger partial charge in [-0.05, 0) is 56.2 Å². The Hall–Kier alpha value is -3.25. The van der Waals surface area contributed by atoms with E-state index in [-0.39, 0.29) is 5.41 Å². The van der Waals surface area contributed by atoms with Gasteiger partial charge in [-0.3, -0.25) is 9.48 Å². The molecule has 2 aliphatic rings. The van der Waals surface area contributed by atoms with Crippen LogP contribution in [0.5, 0.6) is 0 Å². The van der Waals surface area contributed by atoms with Crippen molar-refractivity contribution in [3.63, 3.8) is 0 Å². The average Bonchev–Trinajstić information content (AvgIpc) is 3.46. The number of Topliss-reactive ketones (excluding diaryl/α,β-unsaturated/α-hetero) is 1. The number of nitrogens with zero attached hydrogens (tertiary/aromatic N) is 4. The first kappa shape index (κ1) is 18.5. The number of nitrogens with one attached hydrogen (secondary N) is 1. The predicted octanol–water partition coefficient (Wildman–Crippen LogP) is 4.18. The fourth-order valence-electron chi connectivity index (χ4n) is 5.35. The molecule has 3 aromatic heterocycles. The number of fused-ring (bicyclic) bond motifs is 3. The number of rotatable bonds is 2. The molecule has 1 N–H and O–H groups in total. The lowest BCUT2D eigenvalue weighted by molar-refractivity contribution is 0.0945. The third-order valence-corrected chi connectivity index (χ3v) is 7.21. The Kier molecular flexibility index (Phi) is 3.96. The molecule has 0 atom stereocenters. The molecule has 1 aliphatic carbocycles. The first-order chi connectivity index (χ1) is 15.0. The summed E-state index contributed by atoms with van der Waals surface area (Å²) in [5.41, 5.74) is 7.39. The molecular formula is C25H25N5O. The van der Waals surface area contributed by atoms with Crippen molar-refractivity contribution >= 4 is 16.8 Å². The molecule has 0 amide bonds. The monoisotopic (exact) mass is 411 g/mol. The van der Waals surface area contributed by atoms with Crippen molar-refractivity contribution in [3.05, 3.63) is 60.2 Å². The Balaban J connectivity index is 1.46. The number of benzene rings is 1. The molecule has 4 aromatic rings. The summed E-state index contributed by atoms with van der Waals surface area (Å²) in [6.45, 7) is 2.09. The zero-order valence-corrected chi connectivity index (χ0v) is 17.9. The lowest BCUT2D eigenvalue weighted by Gasteiger charge is -2.38. The van der Waals surface area contributed by atoms with E-state index in [0.717, 1.165) is 64.8 Å². The molecule has 1 aliphatic heterocycles. The van der Waals surface area contributed by atoms with Gasteiger partial charge in [-0.2, -0.15) is 5.10 Å². The average molecular weight is 412 g/mol. The summed E-state index contributed by atoms with van der Waals surface area (Å²) in [5.74, 6) is 0.297. The van der Waals surface area contributed by atoms with Crippen LogP contribution in [-0.4, -0.2) is 50.6 Å². The van der Waals surface area contributed by atoms with E-state index in [4.69, 9.17) is 0 Å². The minimum absolute atomic E-state index is 0.000164. The van der Waals surface area contributed by atoms with E-state index < -0.39 is 0 Å². The molecule has 0 radical (unpaired) electrons. The first-order valence-corrected chi connectivity index (χ1v) is 10.9. The minimum Gasteiger partial charge on any atom is -0.346 e. The van der Waals surface area contributed by atoms with Crippen molar-refractivity contribution in [1.82, 2.24) is 24.6 Å². The first-order valence-electron chi connectivity index (χ1n) is 10.9. The van der Waals surface area contributed by atoms with E-state index in [1.807, 2.05) is 37.9 Å². The number of aromatic amines is 1. The van der Waals surface area contributed by atoms with Crippen LogP contribution in [0.25, 0.3) is 33.3 Å². The number of pyridine rings is 1. The van der Waals surface area contributed by atoms with Crippen LogP contribution in [0.2, 0.25) is 0 Å². The number of aromatic nitrogens is 4. The fourth-order valence-corrected chi connectivity index (χ4v) is 5.35. The Morgan fingerprint density at radius 2 is 1.84 bits per heavy atom. The third kappa shape index (κ3) is 2.86. The quantitative estimate of drug-likeness (QED) is 0.537. The highest BCUT2D eigenvalue weighted by atomic mass is 16.1. The molecule has 156 valence electrons. The number of H-pyrrole nitrogens is 1. The summed E-state index contributed by atoms with van der Waals surface area (Å²) in [6.07, 6.45) is 10.5. The lowest BCUT2D eigenvalue weighted by Crippen LogP contribution is -2.39. The third-order valence-electron chi connectivity index (χ3n) is 7.21. The van der Waals surface area contributed by atoms with Gasteiger partial charge in [-0.25, -0.2) is 4.98 Å². The second kappa shape index (κ2) is 6.62. The minimum atomic E-state index is 0.000164. The van der Waals surface area contributed by atoms with Crippen molar-refractivity contribution in [3.8, 4) is 22.3 Å². The number of carbonyl (C=O) groups is 1. The molecule has 0 unspecified atom stereocenters. The van der Waals surface area contributed by atoms with Gasteiger partial charge in [0.25, 0.3) is 0 Å². The summed E-state index contributed by atoms with van der Waals surface area (Å²) in [6, 6.07) is 8.57. The molecule has 6 rings (SSSR count). The number of carbonyl (C=O) groups excluding carboxylic acids is 1. The van der Waals surface area contributed by atoms with E-state index in [2.05, 4.69) is 45.2 Å². The van der Waals surface area contributed by atoms with E-state index in [9.17, 15) is 4.79 Å². The molecule has 1 aromatic carbocycles. The van der Waals surface area contributed by atoms with Crippen LogP contribution in [-0.2, 0) is 12.5 Å². The summed E-state index contributed by atoms with van der Waals surface area (Å²) in [5, 5.41) is 5.37. The molecule has 0 bridgehead atoms. The Morgan fingerprint density at radius 3 is 2.61 bits per heavy atom. The van der Waals surface area contributed by atoms with Crippen molar-refractivity contribution in [2.45, 2.75) is 24.7 Å².